The molecule has 1 N–H and O–H groups in total. The van der Waals surface area contributed by atoms with Crippen molar-refractivity contribution < 1.29 is 27.8 Å². The van der Waals surface area contributed by atoms with Gasteiger partial charge in [-0.3, -0.25) is 9.88 Å². The molecule has 0 spiro atoms. The fourth-order valence-corrected chi connectivity index (χ4v) is 6.74. The van der Waals surface area contributed by atoms with Gasteiger partial charge in [0.25, 0.3) is 0 Å². The molecule has 8 nitrogen and oxygen atoms in total. The van der Waals surface area contributed by atoms with Crippen molar-refractivity contribution in [2.75, 3.05) is 38.7 Å². The predicted octanol–water partition coefficient (Wildman–Crippen LogP) is 6.68. The summed E-state index contributed by atoms with van der Waals surface area (Å²) in [5.74, 6) is 0.570. The van der Waals surface area contributed by atoms with Crippen LogP contribution in [-0.4, -0.2) is 66.0 Å². The number of ether oxygens (including phenoxy) is 3. The first kappa shape index (κ1) is 32.5. The second kappa shape index (κ2) is 14.5. The SMILES string of the molecule is COc1cc(CCCCC(F)C2CCN(C(C(=O)OC(C)(C)C)c3cc(F)cnc3C3CCCCO3)C2)nc2c1CCCN2. The lowest BCUT2D eigenvalue weighted by molar-refractivity contribution is -0.161. The van der Waals surface area contributed by atoms with Crippen molar-refractivity contribution in [3.8, 4) is 5.75 Å². The maximum atomic E-state index is 15.6. The number of hydrogen-bond acceptors (Lipinski definition) is 8. The maximum Gasteiger partial charge on any atom is 0.328 e. The third-order valence-electron chi connectivity index (χ3n) is 8.87. The Morgan fingerprint density at radius 2 is 2.05 bits per heavy atom. The molecule has 4 atom stereocenters. The Hall–Kier alpha value is -2.85. The fraction of sp³-hybridized carbons (Fsp3) is 0.676. The van der Waals surface area contributed by atoms with Crippen LogP contribution in [0.2, 0.25) is 0 Å². The highest BCUT2D eigenvalue weighted by molar-refractivity contribution is 5.78. The molecule has 2 aromatic heterocycles. The van der Waals surface area contributed by atoms with E-state index >= 15 is 4.39 Å². The number of anilines is 1. The number of halogens is 2. The van der Waals surface area contributed by atoms with Gasteiger partial charge < -0.3 is 19.5 Å². The van der Waals surface area contributed by atoms with Crippen LogP contribution in [0.3, 0.4) is 0 Å². The van der Waals surface area contributed by atoms with Crippen molar-refractivity contribution >= 4 is 11.8 Å². The summed E-state index contributed by atoms with van der Waals surface area (Å²) in [6, 6.07) is 2.51. The van der Waals surface area contributed by atoms with E-state index in [0.29, 0.717) is 43.8 Å². The van der Waals surface area contributed by atoms with Crippen molar-refractivity contribution in [1.29, 1.82) is 0 Å². The predicted molar refractivity (Wildman–Crippen MR) is 165 cm³/mol. The molecule has 0 amide bonds. The van der Waals surface area contributed by atoms with Crippen LogP contribution < -0.4 is 10.1 Å². The van der Waals surface area contributed by atoms with Crippen LogP contribution >= 0.6 is 0 Å². The van der Waals surface area contributed by atoms with Crippen LogP contribution in [0.5, 0.6) is 5.75 Å². The summed E-state index contributed by atoms with van der Waals surface area (Å²) < 4.78 is 47.7. The van der Waals surface area contributed by atoms with Gasteiger partial charge in [-0.1, -0.05) is 6.42 Å². The van der Waals surface area contributed by atoms with Gasteiger partial charge in [0, 0.05) is 48.5 Å². The van der Waals surface area contributed by atoms with Gasteiger partial charge in [0.15, 0.2) is 0 Å². The second-order valence-electron chi connectivity index (χ2n) is 13.4. The molecule has 5 rings (SSSR count). The average Bonchev–Trinajstić information content (AvgIpc) is 3.48. The summed E-state index contributed by atoms with van der Waals surface area (Å²) in [7, 11) is 1.69. The molecule has 2 fully saturated rings. The van der Waals surface area contributed by atoms with Gasteiger partial charge in [-0.05, 0) is 91.2 Å². The fourth-order valence-electron chi connectivity index (χ4n) is 6.74. The molecule has 5 heterocycles. The molecule has 10 heteroatoms. The number of carbonyl (C=O) groups is 1. The van der Waals surface area contributed by atoms with E-state index in [1.54, 1.807) is 7.11 Å². The number of methoxy groups -OCH3 is 1. The minimum Gasteiger partial charge on any atom is -0.496 e. The molecule has 2 saturated heterocycles. The number of carbonyl (C=O) groups excluding carboxylic acids is 1. The van der Waals surface area contributed by atoms with E-state index in [1.807, 2.05) is 31.7 Å². The largest absolute Gasteiger partial charge is 0.496 e. The smallest absolute Gasteiger partial charge is 0.328 e. The molecular weight excluding hydrogens is 566 g/mol. The molecule has 0 radical (unpaired) electrons. The zero-order valence-corrected chi connectivity index (χ0v) is 26.7. The summed E-state index contributed by atoms with van der Waals surface area (Å²) >= 11 is 0. The van der Waals surface area contributed by atoms with Crippen molar-refractivity contribution in [1.82, 2.24) is 14.9 Å². The number of nitrogens with one attached hydrogen (secondary N) is 1. The molecule has 44 heavy (non-hydrogen) atoms. The van der Waals surface area contributed by atoms with E-state index in [1.165, 1.54) is 12.3 Å². The Morgan fingerprint density at radius 1 is 1.20 bits per heavy atom. The second-order valence-corrected chi connectivity index (χ2v) is 13.4. The van der Waals surface area contributed by atoms with E-state index in [4.69, 9.17) is 19.2 Å². The monoisotopic (exact) mass is 614 g/mol. The summed E-state index contributed by atoms with van der Waals surface area (Å²) in [6.45, 7) is 7.86. The third-order valence-corrected chi connectivity index (χ3v) is 8.87. The highest BCUT2D eigenvalue weighted by Crippen LogP contribution is 2.38. The number of esters is 1. The first-order valence-electron chi connectivity index (χ1n) is 16.3. The number of rotatable bonds is 11. The van der Waals surface area contributed by atoms with Gasteiger partial charge in [0.1, 0.15) is 35.2 Å². The summed E-state index contributed by atoms with van der Waals surface area (Å²) in [4.78, 5) is 24.8. The molecule has 0 aromatic carbocycles. The highest BCUT2D eigenvalue weighted by atomic mass is 19.1. The number of unbranched alkanes of at least 4 members (excludes halogenated alkanes) is 1. The molecule has 2 aromatic rings. The number of nitrogens with zero attached hydrogens (tertiary/aromatic N) is 3. The highest BCUT2D eigenvalue weighted by Gasteiger charge is 2.41. The van der Waals surface area contributed by atoms with Crippen LogP contribution in [0.1, 0.15) is 107 Å². The zero-order chi connectivity index (χ0) is 31.3. The van der Waals surface area contributed by atoms with Crippen LogP contribution in [0.25, 0.3) is 0 Å². The Balaban J connectivity index is 1.23. The lowest BCUT2D eigenvalue weighted by atomic mass is 9.95. The van der Waals surface area contributed by atoms with Crippen LogP contribution in [0.15, 0.2) is 18.3 Å². The molecule has 0 bridgehead atoms. The Morgan fingerprint density at radius 3 is 2.80 bits per heavy atom. The van der Waals surface area contributed by atoms with E-state index in [9.17, 15) is 9.18 Å². The summed E-state index contributed by atoms with van der Waals surface area (Å²) in [5, 5.41) is 3.37. The number of pyridine rings is 2. The molecule has 4 unspecified atom stereocenters. The lowest BCUT2D eigenvalue weighted by Crippen LogP contribution is -2.38. The standard InChI is InChI=1S/C34H48F2N4O4/c1-34(2,3)44-33(41)31(26-18-23(35)20-38-30(26)28-13-7-8-17-43-28)40-16-14-22(21-40)27(36)12-6-5-10-24-19-29(42-4)25-11-9-15-37-32(25)39-24/h18-20,22,27-28,31H,5-17,21H2,1-4H3,(H,37,39). The van der Waals surface area contributed by atoms with Crippen LogP contribution in [-0.2, 0) is 27.1 Å². The number of fused-ring (bicyclic) bond motifs is 1. The van der Waals surface area contributed by atoms with E-state index in [-0.39, 0.29) is 12.0 Å². The van der Waals surface area contributed by atoms with Gasteiger partial charge in [0.2, 0.25) is 0 Å². The maximum absolute atomic E-state index is 15.6. The normalized spacial score (nSPS) is 22.1. The Labute approximate surface area is 260 Å². The van der Waals surface area contributed by atoms with Crippen LogP contribution in [0, 0.1) is 11.7 Å². The molecule has 0 aliphatic carbocycles. The Bertz CT molecular complexity index is 1260. The van der Waals surface area contributed by atoms with Gasteiger partial charge in [-0.15, -0.1) is 0 Å². The molecule has 3 aliphatic heterocycles. The van der Waals surface area contributed by atoms with E-state index in [0.717, 1.165) is 80.7 Å². The number of hydrogen-bond donors (Lipinski definition) is 1. The van der Waals surface area contributed by atoms with Gasteiger partial charge in [-0.2, -0.15) is 0 Å². The minimum atomic E-state index is -1.00. The average molecular weight is 615 g/mol. The quantitative estimate of drug-likeness (QED) is 0.222. The first-order chi connectivity index (χ1) is 21.1. The number of aryl methyl sites for hydroxylation is 1. The molecule has 0 saturated carbocycles. The summed E-state index contributed by atoms with van der Waals surface area (Å²) in [6.07, 6.45) is 7.97. The van der Waals surface area contributed by atoms with Crippen molar-refractivity contribution in [2.45, 2.75) is 109 Å². The topological polar surface area (TPSA) is 85.8 Å². The van der Waals surface area contributed by atoms with Crippen molar-refractivity contribution in [2.24, 2.45) is 5.92 Å². The van der Waals surface area contributed by atoms with E-state index < -0.39 is 29.6 Å². The minimum absolute atomic E-state index is 0.220. The third kappa shape index (κ3) is 8.05. The number of alkyl halides is 1. The summed E-state index contributed by atoms with van der Waals surface area (Å²) in [5.41, 5.74) is 2.40. The van der Waals surface area contributed by atoms with Crippen molar-refractivity contribution in [3.05, 3.63) is 46.7 Å². The zero-order valence-electron chi connectivity index (χ0n) is 26.7. The lowest BCUT2D eigenvalue weighted by Gasteiger charge is -2.33. The first-order valence-corrected chi connectivity index (χ1v) is 16.3. The van der Waals surface area contributed by atoms with Gasteiger partial charge in [-0.25, -0.2) is 18.6 Å². The van der Waals surface area contributed by atoms with Crippen molar-refractivity contribution in [3.63, 3.8) is 0 Å². The molecule has 242 valence electrons. The number of likely N-dealkylation sites (tertiary alicyclic amines) is 1. The molecular formula is C34H48F2N4O4. The van der Waals surface area contributed by atoms with Crippen LogP contribution in [0.4, 0.5) is 14.6 Å². The van der Waals surface area contributed by atoms with Gasteiger partial charge in [0.05, 0.1) is 25.1 Å². The molecule has 3 aliphatic rings. The number of aromatic nitrogens is 2. The van der Waals surface area contributed by atoms with E-state index in [2.05, 4.69) is 10.3 Å². The Kier molecular flexibility index (Phi) is 10.7. The van der Waals surface area contributed by atoms with Gasteiger partial charge >= 0.3 is 5.97 Å².